The first kappa shape index (κ1) is 15.7. The minimum atomic E-state index is -4.27. The van der Waals surface area contributed by atoms with Crippen molar-refractivity contribution >= 4 is 11.8 Å². The first-order chi connectivity index (χ1) is 9.53. The molecule has 116 valence electrons. The molecule has 0 saturated heterocycles. The fraction of sp³-hybridized carbons (Fsp3) is 0.533. The Morgan fingerprint density at radius 3 is 2.33 bits per heavy atom. The SMILES string of the molecule is CC(C)(C)OC(=O)Nc1cccc(C2(C(F)(F)F)CC2)c1. The lowest BCUT2D eigenvalue weighted by Crippen LogP contribution is -2.29. The van der Waals surface area contributed by atoms with Crippen LogP contribution in [0.1, 0.15) is 39.2 Å². The van der Waals surface area contributed by atoms with E-state index in [1.165, 1.54) is 18.2 Å². The summed E-state index contributed by atoms with van der Waals surface area (Å²) in [6, 6.07) is 5.86. The summed E-state index contributed by atoms with van der Waals surface area (Å²) in [6.07, 6.45) is -4.77. The van der Waals surface area contributed by atoms with Crippen LogP contribution in [0.5, 0.6) is 0 Å². The fourth-order valence-electron chi connectivity index (χ4n) is 2.18. The molecule has 1 saturated carbocycles. The first-order valence-electron chi connectivity index (χ1n) is 6.71. The third kappa shape index (κ3) is 3.49. The maximum atomic E-state index is 13.1. The van der Waals surface area contributed by atoms with Gasteiger partial charge in [0, 0.05) is 5.69 Å². The zero-order valence-electron chi connectivity index (χ0n) is 12.2. The predicted molar refractivity (Wildman–Crippen MR) is 73.3 cm³/mol. The molecule has 1 aliphatic carbocycles. The van der Waals surface area contributed by atoms with Crippen molar-refractivity contribution in [2.45, 2.75) is 50.8 Å². The van der Waals surface area contributed by atoms with Gasteiger partial charge in [0.1, 0.15) is 5.60 Å². The highest BCUT2D eigenvalue weighted by atomic mass is 19.4. The molecule has 1 N–H and O–H groups in total. The summed E-state index contributed by atoms with van der Waals surface area (Å²) in [4.78, 5) is 11.6. The topological polar surface area (TPSA) is 38.3 Å². The summed E-state index contributed by atoms with van der Waals surface area (Å²) < 4.78 is 44.3. The predicted octanol–water partition coefficient (Wildman–Crippen LogP) is 4.63. The summed E-state index contributed by atoms with van der Waals surface area (Å²) in [5.41, 5.74) is -1.93. The van der Waals surface area contributed by atoms with Gasteiger partial charge in [-0.05, 0) is 51.3 Å². The van der Waals surface area contributed by atoms with Gasteiger partial charge in [-0.25, -0.2) is 4.79 Å². The summed E-state index contributed by atoms with van der Waals surface area (Å²) in [5.74, 6) is 0. The summed E-state index contributed by atoms with van der Waals surface area (Å²) in [7, 11) is 0. The van der Waals surface area contributed by atoms with Crippen LogP contribution < -0.4 is 5.32 Å². The molecule has 21 heavy (non-hydrogen) atoms. The highest BCUT2D eigenvalue weighted by Crippen LogP contribution is 2.59. The van der Waals surface area contributed by atoms with Crippen LogP contribution in [-0.4, -0.2) is 17.9 Å². The van der Waals surface area contributed by atoms with Gasteiger partial charge in [0.15, 0.2) is 0 Å². The van der Waals surface area contributed by atoms with Crippen LogP contribution in [0.25, 0.3) is 0 Å². The van der Waals surface area contributed by atoms with E-state index in [0.29, 0.717) is 5.69 Å². The summed E-state index contributed by atoms with van der Waals surface area (Å²) in [6.45, 7) is 5.14. The third-order valence-electron chi connectivity index (χ3n) is 3.35. The zero-order valence-corrected chi connectivity index (χ0v) is 12.2. The molecule has 3 nitrogen and oxygen atoms in total. The van der Waals surface area contributed by atoms with Gasteiger partial charge in [-0.2, -0.15) is 13.2 Å². The third-order valence-corrected chi connectivity index (χ3v) is 3.35. The number of ether oxygens (including phenoxy) is 1. The molecule has 1 fully saturated rings. The molecule has 0 atom stereocenters. The second-order valence-corrected chi connectivity index (χ2v) is 6.29. The maximum absolute atomic E-state index is 13.1. The van der Waals surface area contributed by atoms with Crippen LogP contribution >= 0.6 is 0 Å². The molecule has 2 rings (SSSR count). The maximum Gasteiger partial charge on any atom is 0.412 e. The number of carbonyl (C=O) groups is 1. The molecule has 0 unspecified atom stereocenters. The van der Waals surface area contributed by atoms with E-state index in [9.17, 15) is 18.0 Å². The van der Waals surface area contributed by atoms with E-state index >= 15 is 0 Å². The Hall–Kier alpha value is -1.72. The first-order valence-corrected chi connectivity index (χ1v) is 6.71. The Labute approximate surface area is 121 Å². The van der Waals surface area contributed by atoms with Crippen molar-refractivity contribution in [2.75, 3.05) is 5.32 Å². The normalized spacial score (nSPS) is 17.2. The Kier molecular flexibility index (Phi) is 3.68. The number of rotatable bonds is 2. The highest BCUT2D eigenvalue weighted by Gasteiger charge is 2.64. The number of hydrogen-bond acceptors (Lipinski definition) is 2. The van der Waals surface area contributed by atoms with Crippen LogP contribution in [0, 0.1) is 0 Å². The summed E-state index contributed by atoms with van der Waals surface area (Å²) in [5, 5.41) is 2.46. The lowest BCUT2D eigenvalue weighted by atomic mass is 9.95. The second-order valence-electron chi connectivity index (χ2n) is 6.29. The van der Waals surface area contributed by atoms with Crippen molar-refractivity contribution < 1.29 is 22.7 Å². The number of alkyl halides is 3. The molecule has 0 spiro atoms. The van der Waals surface area contributed by atoms with Crippen molar-refractivity contribution in [1.29, 1.82) is 0 Å². The summed E-state index contributed by atoms with van der Waals surface area (Å²) >= 11 is 0. The average molecular weight is 301 g/mol. The number of amides is 1. The molecule has 1 aromatic carbocycles. The Bertz CT molecular complexity index is 543. The van der Waals surface area contributed by atoms with E-state index in [1.54, 1.807) is 26.8 Å². The number of benzene rings is 1. The molecule has 1 aromatic rings. The van der Waals surface area contributed by atoms with E-state index in [1.807, 2.05) is 0 Å². The molecule has 1 amide bonds. The number of hydrogen-bond donors (Lipinski definition) is 1. The van der Waals surface area contributed by atoms with E-state index < -0.39 is 23.3 Å². The number of halogens is 3. The molecule has 0 heterocycles. The lowest BCUT2D eigenvalue weighted by Gasteiger charge is -2.21. The van der Waals surface area contributed by atoms with Gasteiger partial charge < -0.3 is 4.74 Å². The smallest absolute Gasteiger partial charge is 0.412 e. The Morgan fingerprint density at radius 1 is 1.24 bits per heavy atom. The molecular weight excluding hydrogens is 283 g/mol. The molecule has 6 heteroatoms. The number of nitrogens with one attached hydrogen (secondary N) is 1. The molecule has 0 radical (unpaired) electrons. The van der Waals surface area contributed by atoms with Gasteiger partial charge in [-0.1, -0.05) is 12.1 Å². The van der Waals surface area contributed by atoms with E-state index in [2.05, 4.69) is 5.32 Å². The van der Waals surface area contributed by atoms with Crippen LogP contribution in [0.15, 0.2) is 24.3 Å². The molecule has 0 bridgehead atoms. The minimum Gasteiger partial charge on any atom is -0.444 e. The van der Waals surface area contributed by atoms with Gasteiger partial charge >= 0.3 is 12.3 Å². The fourth-order valence-corrected chi connectivity index (χ4v) is 2.18. The van der Waals surface area contributed by atoms with Gasteiger partial charge in [0.05, 0.1) is 5.41 Å². The molecule has 1 aliphatic rings. The number of carbonyl (C=O) groups excluding carboxylic acids is 1. The monoisotopic (exact) mass is 301 g/mol. The van der Waals surface area contributed by atoms with Gasteiger partial charge in [-0.3, -0.25) is 5.32 Å². The standard InChI is InChI=1S/C15H18F3NO2/c1-13(2,3)21-12(20)19-11-6-4-5-10(9-11)14(7-8-14)15(16,17)18/h4-6,9H,7-8H2,1-3H3,(H,19,20). The van der Waals surface area contributed by atoms with Gasteiger partial charge in [-0.15, -0.1) is 0 Å². The largest absolute Gasteiger partial charge is 0.444 e. The van der Waals surface area contributed by atoms with Crippen molar-refractivity contribution in [3.05, 3.63) is 29.8 Å². The number of anilines is 1. The highest BCUT2D eigenvalue weighted by molar-refractivity contribution is 5.85. The van der Waals surface area contributed by atoms with Crippen LogP contribution in [0.2, 0.25) is 0 Å². The van der Waals surface area contributed by atoms with Crippen molar-refractivity contribution in [3.63, 3.8) is 0 Å². The molecular formula is C15H18F3NO2. The Balaban J connectivity index is 2.14. The Morgan fingerprint density at radius 2 is 1.86 bits per heavy atom. The van der Waals surface area contributed by atoms with Crippen LogP contribution in [0.4, 0.5) is 23.7 Å². The van der Waals surface area contributed by atoms with E-state index in [4.69, 9.17) is 4.74 Å². The average Bonchev–Trinajstić information content (AvgIpc) is 3.06. The second kappa shape index (κ2) is 4.93. The zero-order chi connectivity index (χ0) is 15.9. The van der Waals surface area contributed by atoms with Crippen molar-refractivity contribution in [1.82, 2.24) is 0 Å². The van der Waals surface area contributed by atoms with E-state index in [-0.39, 0.29) is 18.4 Å². The van der Waals surface area contributed by atoms with Crippen molar-refractivity contribution in [3.8, 4) is 0 Å². The minimum absolute atomic E-state index is 0.0897. The van der Waals surface area contributed by atoms with E-state index in [0.717, 1.165) is 0 Å². The van der Waals surface area contributed by atoms with Crippen LogP contribution in [-0.2, 0) is 10.2 Å². The van der Waals surface area contributed by atoms with Crippen molar-refractivity contribution in [2.24, 2.45) is 0 Å². The molecule has 0 aromatic heterocycles. The van der Waals surface area contributed by atoms with Crippen LogP contribution in [0.3, 0.4) is 0 Å². The van der Waals surface area contributed by atoms with Gasteiger partial charge in [0.2, 0.25) is 0 Å². The lowest BCUT2D eigenvalue weighted by molar-refractivity contribution is -0.160. The quantitative estimate of drug-likeness (QED) is 0.865. The molecule has 0 aliphatic heterocycles. The van der Waals surface area contributed by atoms with Gasteiger partial charge in [0.25, 0.3) is 0 Å².